The van der Waals surface area contributed by atoms with Gasteiger partial charge in [-0.25, -0.2) is 0 Å². The minimum Gasteiger partial charge on any atom is -0.374 e. The molecule has 0 aromatic rings. The number of rotatable bonds is 16. The zero-order valence-electron chi connectivity index (χ0n) is 18.5. The molecule has 1 aliphatic rings. The lowest BCUT2D eigenvalue weighted by Gasteiger charge is -2.36. The molecule has 2 heteroatoms. The van der Waals surface area contributed by atoms with Crippen molar-refractivity contribution in [2.45, 2.75) is 142 Å². The van der Waals surface area contributed by atoms with Crippen molar-refractivity contribution in [2.24, 2.45) is 0 Å². The molecule has 0 saturated carbocycles. The van der Waals surface area contributed by atoms with Gasteiger partial charge in [0.15, 0.2) is 0 Å². The van der Waals surface area contributed by atoms with Crippen molar-refractivity contribution in [3.63, 3.8) is 0 Å². The molecule has 2 N–H and O–H groups in total. The molecule has 0 spiro atoms. The molecule has 0 saturated heterocycles. The molecule has 0 aliphatic carbocycles. The van der Waals surface area contributed by atoms with Crippen LogP contribution in [0.15, 0.2) is 11.8 Å². The second kappa shape index (κ2) is 14.5. The van der Waals surface area contributed by atoms with E-state index in [-0.39, 0.29) is 5.54 Å². The first kappa shape index (κ1) is 23.5. The Morgan fingerprint density at radius 1 is 0.731 bits per heavy atom. The van der Waals surface area contributed by atoms with Crippen LogP contribution in [0.25, 0.3) is 0 Å². The first-order valence-corrected chi connectivity index (χ1v) is 11.8. The summed E-state index contributed by atoms with van der Waals surface area (Å²) in [6.07, 6.45) is 25.5. The van der Waals surface area contributed by atoms with Gasteiger partial charge in [-0.3, -0.25) is 5.32 Å². The van der Waals surface area contributed by atoms with Crippen LogP contribution >= 0.6 is 0 Å². The lowest BCUT2D eigenvalue weighted by Crippen LogP contribution is -2.55. The van der Waals surface area contributed by atoms with E-state index in [1.807, 2.05) is 0 Å². The summed E-state index contributed by atoms with van der Waals surface area (Å²) in [7, 11) is 0. The molecular formula is C24H48N2. The summed E-state index contributed by atoms with van der Waals surface area (Å²) in [5.41, 5.74) is 1.45. The predicted octanol–water partition coefficient (Wildman–Crippen LogP) is 7.45. The topological polar surface area (TPSA) is 24.1 Å². The standard InChI is InChI=1S/C24H48N2/c1-5-6-7-8-9-10-11-12-13-14-15-16-17-18-19-20-23-25-22(2)21-24(3,4)26-23/h21,23,25-26H,5-20H2,1-4H3. The molecule has 0 aromatic carbocycles. The zero-order valence-corrected chi connectivity index (χ0v) is 18.5. The van der Waals surface area contributed by atoms with E-state index in [0.29, 0.717) is 6.17 Å². The van der Waals surface area contributed by atoms with Crippen LogP contribution < -0.4 is 10.6 Å². The summed E-state index contributed by atoms with van der Waals surface area (Å²) in [6.45, 7) is 9.00. The van der Waals surface area contributed by atoms with Crippen LogP contribution in [-0.4, -0.2) is 11.7 Å². The molecule has 0 amide bonds. The number of unbranched alkanes of at least 4 members (excludes halogenated alkanes) is 14. The SMILES string of the molecule is CCCCCCCCCCCCCCCCCC1NC(C)=CC(C)(C)N1. The van der Waals surface area contributed by atoms with Crippen molar-refractivity contribution in [1.29, 1.82) is 0 Å². The van der Waals surface area contributed by atoms with Crippen LogP contribution in [0.1, 0.15) is 130 Å². The van der Waals surface area contributed by atoms with Crippen LogP contribution in [0.2, 0.25) is 0 Å². The van der Waals surface area contributed by atoms with Crippen molar-refractivity contribution in [1.82, 2.24) is 10.6 Å². The fraction of sp³-hybridized carbons (Fsp3) is 0.917. The highest BCUT2D eigenvalue weighted by molar-refractivity contribution is 5.13. The zero-order chi connectivity index (χ0) is 19.1. The van der Waals surface area contributed by atoms with Gasteiger partial charge in [-0.1, -0.05) is 103 Å². The van der Waals surface area contributed by atoms with Crippen LogP contribution in [0.5, 0.6) is 0 Å². The maximum Gasteiger partial charge on any atom is 0.0771 e. The highest BCUT2D eigenvalue weighted by Gasteiger charge is 2.24. The summed E-state index contributed by atoms with van der Waals surface area (Å²) in [6, 6.07) is 0. The van der Waals surface area contributed by atoms with Gasteiger partial charge in [-0.15, -0.1) is 0 Å². The molecule has 0 bridgehead atoms. The summed E-state index contributed by atoms with van der Waals surface area (Å²) in [5, 5.41) is 7.26. The Labute approximate surface area is 165 Å². The molecule has 26 heavy (non-hydrogen) atoms. The van der Waals surface area contributed by atoms with Gasteiger partial charge in [-0.05, 0) is 33.3 Å². The third-order valence-electron chi connectivity index (χ3n) is 5.62. The molecule has 154 valence electrons. The van der Waals surface area contributed by atoms with Crippen molar-refractivity contribution in [3.05, 3.63) is 11.8 Å². The van der Waals surface area contributed by atoms with Crippen molar-refractivity contribution >= 4 is 0 Å². The Bertz CT molecular complexity index is 359. The molecule has 0 fully saturated rings. The van der Waals surface area contributed by atoms with Gasteiger partial charge in [0.05, 0.1) is 6.17 Å². The first-order valence-electron chi connectivity index (χ1n) is 11.8. The largest absolute Gasteiger partial charge is 0.374 e. The van der Waals surface area contributed by atoms with E-state index >= 15 is 0 Å². The molecule has 1 heterocycles. The van der Waals surface area contributed by atoms with Gasteiger partial charge < -0.3 is 5.32 Å². The second-order valence-electron chi connectivity index (χ2n) is 9.13. The van der Waals surface area contributed by atoms with Gasteiger partial charge in [0.2, 0.25) is 0 Å². The molecule has 0 radical (unpaired) electrons. The number of hydrogen-bond acceptors (Lipinski definition) is 2. The molecule has 2 nitrogen and oxygen atoms in total. The van der Waals surface area contributed by atoms with Crippen molar-refractivity contribution in [2.75, 3.05) is 0 Å². The second-order valence-corrected chi connectivity index (χ2v) is 9.13. The van der Waals surface area contributed by atoms with Crippen LogP contribution in [0.3, 0.4) is 0 Å². The molecule has 1 aliphatic heterocycles. The average Bonchev–Trinajstić information content (AvgIpc) is 2.56. The van der Waals surface area contributed by atoms with Crippen LogP contribution in [-0.2, 0) is 0 Å². The van der Waals surface area contributed by atoms with Crippen molar-refractivity contribution in [3.8, 4) is 0 Å². The predicted molar refractivity (Wildman–Crippen MR) is 117 cm³/mol. The minimum atomic E-state index is 0.134. The summed E-state index contributed by atoms with van der Waals surface area (Å²) < 4.78 is 0. The number of allylic oxidation sites excluding steroid dienone is 1. The Hall–Kier alpha value is -0.500. The van der Waals surface area contributed by atoms with E-state index in [9.17, 15) is 0 Å². The van der Waals surface area contributed by atoms with Crippen LogP contribution in [0, 0.1) is 0 Å². The molecule has 0 aromatic heterocycles. The Kier molecular flexibility index (Phi) is 13.2. The van der Waals surface area contributed by atoms with E-state index in [1.165, 1.54) is 108 Å². The highest BCUT2D eigenvalue weighted by Crippen LogP contribution is 2.17. The summed E-state index contributed by atoms with van der Waals surface area (Å²) >= 11 is 0. The van der Waals surface area contributed by atoms with E-state index < -0.39 is 0 Å². The van der Waals surface area contributed by atoms with Gasteiger partial charge in [-0.2, -0.15) is 0 Å². The Morgan fingerprint density at radius 3 is 1.58 bits per heavy atom. The Morgan fingerprint density at radius 2 is 1.15 bits per heavy atom. The van der Waals surface area contributed by atoms with E-state index in [2.05, 4.69) is 44.4 Å². The van der Waals surface area contributed by atoms with Gasteiger partial charge in [0.25, 0.3) is 0 Å². The fourth-order valence-electron chi connectivity index (χ4n) is 4.25. The molecular weight excluding hydrogens is 316 g/mol. The third kappa shape index (κ3) is 12.8. The molecule has 1 rings (SSSR count). The van der Waals surface area contributed by atoms with E-state index in [1.54, 1.807) is 0 Å². The maximum absolute atomic E-state index is 3.69. The monoisotopic (exact) mass is 364 g/mol. The van der Waals surface area contributed by atoms with Crippen LogP contribution in [0.4, 0.5) is 0 Å². The van der Waals surface area contributed by atoms with E-state index in [4.69, 9.17) is 0 Å². The molecule has 1 unspecified atom stereocenters. The van der Waals surface area contributed by atoms with Gasteiger partial charge in [0.1, 0.15) is 0 Å². The third-order valence-corrected chi connectivity index (χ3v) is 5.62. The average molecular weight is 365 g/mol. The smallest absolute Gasteiger partial charge is 0.0771 e. The first-order chi connectivity index (χ1) is 12.5. The van der Waals surface area contributed by atoms with Gasteiger partial charge in [0, 0.05) is 11.2 Å². The minimum absolute atomic E-state index is 0.134. The van der Waals surface area contributed by atoms with Gasteiger partial charge >= 0.3 is 0 Å². The van der Waals surface area contributed by atoms with E-state index in [0.717, 1.165) is 0 Å². The fourth-order valence-corrected chi connectivity index (χ4v) is 4.25. The lowest BCUT2D eigenvalue weighted by atomic mass is 9.99. The molecule has 1 atom stereocenters. The summed E-state index contributed by atoms with van der Waals surface area (Å²) in [4.78, 5) is 0. The highest BCUT2D eigenvalue weighted by atomic mass is 15.2. The normalized spacial score (nSPS) is 19.2. The quantitative estimate of drug-likeness (QED) is 0.278. The maximum atomic E-state index is 3.69. The number of nitrogens with one attached hydrogen (secondary N) is 2. The number of hydrogen-bond donors (Lipinski definition) is 2. The Balaban J connectivity index is 1.81. The summed E-state index contributed by atoms with van der Waals surface area (Å²) in [5.74, 6) is 0. The van der Waals surface area contributed by atoms with Crippen molar-refractivity contribution < 1.29 is 0 Å². The lowest BCUT2D eigenvalue weighted by molar-refractivity contribution is 0.313.